The number of allylic oxidation sites excluding steroid dienone is 1. The SMILES string of the molecule is N#CC(=Cc1ccc(F)cc1)c1nc2ccccc2[nH]1. The van der Waals surface area contributed by atoms with Gasteiger partial charge in [0.2, 0.25) is 0 Å². The third kappa shape index (κ3) is 2.29. The number of nitrogens with zero attached hydrogens (tertiary/aromatic N) is 2. The summed E-state index contributed by atoms with van der Waals surface area (Å²) in [6, 6.07) is 15.7. The molecule has 96 valence electrons. The van der Waals surface area contributed by atoms with Crippen molar-refractivity contribution in [1.29, 1.82) is 5.26 Å². The summed E-state index contributed by atoms with van der Waals surface area (Å²) in [4.78, 5) is 7.48. The molecule has 1 heterocycles. The van der Waals surface area contributed by atoms with Gasteiger partial charge in [-0.2, -0.15) is 5.26 Å². The van der Waals surface area contributed by atoms with E-state index < -0.39 is 0 Å². The number of imidazole rings is 1. The highest BCUT2D eigenvalue weighted by Crippen LogP contribution is 2.19. The molecule has 3 rings (SSSR count). The summed E-state index contributed by atoms with van der Waals surface area (Å²) in [6.07, 6.45) is 1.68. The lowest BCUT2D eigenvalue weighted by Crippen LogP contribution is -1.85. The third-order valence-electron chi connectivity index (χ3n) is 2.95. The molecular weight excluding hydrogens is 253 g/mol. The van der Waals surface area contributed by atoms with Gasteiger partial charge in [0, 0.05) is 0 Å². The quantitative estimate of drug-likeness (QED) is 0.715. The van der Waals surface area contributed by atoms with E-state index in [1.807, 2.05) is 24.3 Å². The van der Waals surface area contributed by atoms with Crippen molar-refractivity contribution in [3.63, 3.8) is 0 Å². The molecule has 4 heteroatoms. The van der Waals surface area contributed by atoms with Crippen LogP contribution in [0.15, 0.2) is 48.5 Å². The minimum absolute atomic E-state index is 0.301. The number of aromatic nitrogens is 2. The van der Waals surface area contributed by atoms with Crippen LogP contribution in [0.25, 0.3) is 22.7 Å². The first-order chi connectivity index (χ1) is 9.76. The molecule has 0 saturated carbocycles. The average Bonchev–Trinajstić information content (AvgIpc) is 2.90. The third-order valence-corrected chi connectivity index (χ3v) is 2.95. The second-order valence-corrected chi connectivity index (χ2v) is 4.32. The Bertz CT molecular complexity index is 790. The van der Waals surface area contributed by atoms with Crippen LogP contribution < -0.4 is 0 Å². The van der Waals surface area contributed by atoms with Gasteiger partial charge in [0.1, 0.15) is 17.7 Å². The molecule has 0 spiro atoms. The summed E-state index contributed by atoms with van der Waals surface area (Å²) in [7, 11) is 0. The predicted molar refractivity (Wildman–Crippen MR) is 76.0 cm³/mol. The molecule has 20 heavy (non-hydrogen) atoms. The Morgan fingerprint density at radius 1 is 1.15 bits per heavy atom. The van der Waals surface area contributed by atoms with Crippen LogP contribution in [0.3, 0.4) is 0 Å². The molecule has 1 aromatic heterocycles. The van der Waals surface area contributed by atoms with Crippen molar-refractivity contribution in [3.05, 3.63) is 65.7 Å². The van der Waals surface area contributed by atoms with Crippen molar-refractivity contribution in [2.75, 3.05) is 0 Å². The first kappa shape index (κ1) is 12.1. The number of rotatable bonds is 2. The summed E-state index contributed by atoms with van der Waals surface area (Å²) >= 11 is 0. The van der Waals surface area contributed by atoms with Crippen molar-refractivity contribution >= 4 is 22.7 Å². The summed E-state index contributed by atoms with van der Waals surface area (Å²) in [5.74, 6) is 0.211. The van der Waals surface area contributed by atoms with E-state index in [1.165, 1.54) is 12.1 Å². The highest BCUT2D eigenvalue weighted by atomic mass is 19.1. The van der Waals surface area contributed by atoms with E-state index in [2.05, 4.69) is 16.0 Å². The monoisotopic (exact) mass is 263 g/mol. The highest BCUT2D eigenvalue weighted by Gasteiger charge is 2.07. The van der Waals surface area contributed by atoms with E-state index in [0.29, 0.717) is 11.4 Å². The maximum absolute atomic E-state index is 12.9. The topological polar surface area (TPSA) is 52.5 Å². The summed E-state index contributed by atoms with van der Waals surface area (Å²) < 4.78 is 12.9. The van der Waals surface area contributed by atoms with Crippen LogP contribution in [0.1, 0.15) is 11.4 Å². The largest absolute Gasteiger partial charge is 0.337 e. The van der Waals surface area contributed by atoms with E-state index >= 15 is 0 Å². The molecule has 2 aromatic carbocycles. The zero-order valence-corrected chi connectivity index (χ0v) is 10.5. The fourth-order valence-electron chi connectivity index (χ4n) is 1.96. The molecule has 3 aromatic rings. The fraction of sp³-hybridized carbons (Fsp3) is 0. The van der Waals surface area contributed by atoms with Crippen LogP contribution in [0.4, 0.5) is 4.39 Å². The van der Waals surface area contributed by atoms with Gasteiger partial charge >= 0.3 is 0 Å². The number of hydrogen-bond acceptors (Lipinski definition) is 2. The lowest BCUT2D eigenvalue weighted by atomic mass is 10.1. The molecule has 0 aliphatic heterocycles. The Morgan fingerprint density at radius 2 is 1.90 bits per heavy atom. The minimum Gasteiger partial charge on any atom is -0.337 e. The zero-order chi connectivity index (χ0) is 13.9. The van der Waals surface area contributed by atoms with Crippen LogP contribution in [-0.4, -0.2) is 9.97 Å². The Balaban J connectivity index is 2.05. The molecule has 0 radical (unpaired) electrons. The van der Waals surface area contributed by atoms with Gasteiger partial charge in [-0.25, -0.2) is 9.37 Å². The number of para-hydroxylation sites is 2. The van der Waals surface area contributed by atoms with E-state index in [1.54, 1.807) is 18.2 Å². The van der Waals surface area contributed by atoms with E-state index in [0.717, 1.165) is 16.6 Å². The lowest BCUT2D eigenvalue weighted by Gasteiger charge is -1.95. The Morgan fingerprint density at radius 3 is 2.60 bits per heavy atom. The van der Waals surface area contributed by atoms with Gasteiger partial charge in [-0.3, -0.25) is 0 Å². The van der Waals surface area contributed by atoms with Crippen molar-refractivity contribution < 1.29 is 4.39 Å². The molecule has 0 aliphatic rings. The van der Waals surface area contributed by atoms with Crippen LogP contribution in [-0.2, 0) is 0 Å². The number of nitriles is 1. The summed E-state index contributed by atoms with van der Waals surface area (Å²) in [5.41, 5.74) is 2.85. The number of nitrogens with one attached hydrogen (secondary N) is 1. The standard InChI is InChI=1S/C16H10FN3/c17-13-7-5-11(6-8-13)9-12(10-18)16-19-14-3-1-2-4-15(14)20-16/h1-9H,(H,19,20). The van der Waals surface area contributed by atoms with Gasteiger partial charge in [0.25, 0.3) is 0 Å². The Labute approximate surface area is 115 Å². The van der Waals surface area contributed by atoms with Gasteiger partial charge < -0.3 is 4.98 Å². The van der Waals surface area contributed by atoms with Crippen LogP contribution in [0.2, 0.25) is 0 Å². The number of H-pyrrole nitrogens is 1. The first-order valence-electron chi connectivity index (χ1n) is 6.09. The highest BCUT2D eigenvalue weighted by molar-refractivity contribution is 5.90. The van der Waals surface area contributed by atoms with E-state index in [-0.39, 0.29) is 5.82 Å². The molecule has 0 saturated heterocycles. The van der Waals surface area contributed by atoms with E-state index in [9.17, 15) is 9.65 Å². The van der Waals surface area contributed by atoms with Gasteiger partial charge in [0.15, 0.2) is 0 Å². The van der Waals surface area contributed by atoms with Crippen LogP contribution in [0, 0.1) is 17.1 Å². The summed E-state index contributed by atoms with van der Waals surface area (Å²) in [6.45, 7) is 0. The van der Waals surface area contributed by atoms with Crippen molar-refractivity contribution in [1.82, 2.24) is 9.97 Å². The number of aromatic amines is 1. The van der Waals surface area contributed by atoms with Gasteiger partial charge in [-0.15, -0.1) is 0 Å². The Kier molecular flexibility index (Phi) is 3.02. The van der Waals surface area contributed by atoms with E-state index in [4.69, 9.17) is 0 Å². The van der Waals surface area contributed by atoms with Crippen LogP contribution >= 0.6 is 0 Å². The molecule has 0 amide bonds. The van der Waals surface area contributed by atoms with Gasteiger partial charge in [-0.1, -0.05) is 24.3 Å². The molecule has 1 N–H and O–H groups in total. The molecule has 0 bridgehead atoms. The number of hydrogen-bond donors (Lipinski definition) is 1. The van der Waals surface area contributed by atoms with Crippen molar-refractivity contribution in [2.24, 2.45) is 0 Å². The number of halogens is 1. The molecule has 3 nitrogen and oxygen atoms in total. The van der Waals surface area contributed by atoms with Gasteiger partial charge in [0.05, 0.1) is 16.6 Å². The number of fused-ring (bicyclic) bond motifs is 1. The van der Waals surface area contributed by atoms with Crippen LogP contribution in [0.5, 0.6) is 0 Å². The average molecular weight is 263 g/mol. The Hall–Kier alpha value is -2.93. The lowest BCUT2D eigenvalue weighted by molar-refractivity contribution is 0.628. The fourth-order valence-corrected chi connectivity index (χ4v) is 1.96. The maximum atomic E-state index is 12.9. The predicted octanol–water partition coefficient (Wildman–Crippen LogP) is 3.77. The smallest absolute Gasteiger partial charge is 0.149 e. The second kappa shape index (κ2) is 4.98. The zero-order valence-electron chi connectivity index (χ0n) is 10.5. The molecule has 0 aliphatic carbocycles. The molecule has 0 fully saturated rings. The maximum Gasteiger partial charge on any atom is 0.149 e. The normalized spacial score (nSPS) is 11.5. The minimum atomic E-state index is -0.301. The first-order valence-corrected chi connectivity index (χ1v) is 6.09. The molecule has 0 atom stereocenters. The molecule has 0 unspecified atom stereocenters. The van der Waals surface area contributed by atoms with Crippen molar-refractivity contribution in [2.45, 2.75) is 0 Å². The van der Waals surface area contributed by atoms with Crippen molar-refractivity contribution in [3.8, 4) is 6.07 Å². The number of benzene rings is 2. The van der Waals surface area contributed by atoms with Gasteiger partial charge in [-0.05, 0) is 35.9 Å². The second-order valence-electron chi connectivity index (χ2n) is 4.32. The summed E-state index contributed by atoms with van der Waals surface area (Å²) in [5, 5.41) is 9.27. The molecular formula is C16H10FN3.